The van der Waals surface area contributed by atoms with Crippen molar-refractivity contribution in [3.63, 3.8) is 0 Å². The number of hydrogen-bond acceptors (Lipinski definition) is 3. The Kier molecular flexibility index (Phi) is 3.63. The van der Waals surface area contributed by atoms with Crippen LogP contribution in [0.25, 0.3) is 0 Å². The second-order valence-corrected chi connectivity index (χ2v) is 4.97. The zero-order valence-electron chi connectivity index (χ0n) is 10.6. The summed E-state index contributed by atoms with van der Waals surface area (Å²) in [5.41, 5.74) is 1.65. The minimum atomic E-state index is 0.677. The third kappa shape index (κ3) is 2.76. The topological polar surface area (TPSA) is 39.9 Å². The van der Waals surface area contributed by atoms with Crippen LogP contribution in [0.3, 0.4) is 0 Å². The van der Waals surface area contributed by atoms with Gasteiger partial charge < -0.3 is 4.90 Å². The van der Waals surface area contributed by atoms with Gasteiger partial charge in [-0.25, -0.2) is 4.98 Å². The van der Waals surface area contributed by atoms with Gasteiger partial charge in [0.1, 0.15) is 11.9 Å². The number of nitrogens with zero attached hydrogens (tertiary/aromatic N) is 3. The highest BCUT2D eigenvalue weighted by Crippen LogP contribution is 2.27. The van der Waals surface area contributed by atoms with Crippen molar-refractivity contribution in [2.45, 2.75) is 32.6 Å². The average molecular weight is 229 g/mol. The predicted octanol–water partition coefficient (Wildman–Crippen LogP) is 2.89. The predicted molar refractivity (Wildman–Crippen MR) is 68.9 cm³/mol. The Hall–Kier alpha value is -1.56. The molecule has 17 heavy (non-hydrogen) atoms. The van der Waals surface area contributed by atoms with Gasteiger partial charge in [0.2, 0.25) is 0 Å². The molecule has 0 spiro atoms. The molecule has 0 radical (unpaired) electrons. The van der Waals surface area contributed by atoms with E-state index in [2.05, 4.69) is 16.0 Å². The first kappa shape index (κ1) is 11.9. The Morgan fingerprint density at radius 3 is 2.76 bits per heavy atom. The summed E-state index contributed by atoms with van der Waals surface area (Å²) in [6.45, 7) is 2.99. The molecular formula is C14H19N3. The Balaban J connectivity index is 2.14. The number of aromatic nitrogens is 1. The van der Waals surface area contributed by atoms with Crippen molar-refractivity contribution < 1.29 is 0 Å². The first-order valence-electron chi connectivity index (χ1n) is 6.29. The zero-order chi connectivity index (χ0) is 12.3. The summed E-state index contributed by atoms with van der Waals surface area (Å²) in [4.78, 5) is 6.63. The molecule has 0 amide bonds. The van der Waals surface area contributed by atoms with E-state index >= 15 is 0 Å². The minimum absolute atomic E-state index is 0.677. The molecule has 2 rings (SSSR count). The van der Waals surface area contributed by atoms with Gasteiger partial charge in [0.05, 0.1) is 5.56 Å². The highest BCUT2D eigenvalue weighted by Gasteiger charge is 2.19. The third-order valence-electron chi connectivity index (χ3n) is 3.50. The van der Waals surface area contributed by atoms with Gasteiger partial charge in [-0.15, -0.1) is 0 Å². The normalized spacial score (nSPS) is 15.8. The molecule has 1 fully saturated rings. The van der Waals surface area contributed by atoms with Crippen LogP contribution in [0.2, 0.25) is 0 Å². The van der Waals surface area contributed by atoms with Crippen LogP contribution in [0, 0.1) is 24.2 Å². The van der Waals surface area contributed by atoms with Crippen LogP contribution in [-0.2, 0) is 0 Å². The third-order valence-corrected chi connectivity index (χ3v) is 3.50. The summed E-state index contributed by atoms with van der Waals surface area (Å²) in [5.74, 6) is 1.60. The smallest absolute Gasteiger partial charge is 0.146 e. The van der Waals surface area contributed by atoms with E-state index in [1.807, 2.05) is 26.1 Å². The maximum atomic E-state index is 9.10. The molecule has 0 atom stereocenters. The van der Waals surface area contributed by atoms with Gasteiger partial charge in [0.25, 0.3) is 0 Å². The molecule has 1 aliphatic carbocycles. The van der Waals surface area contributed by atoms with Crippen molar-refractivity contribution >= 4 is 5.82 Å². The first-order valence-corrected chi connectivity index (χ1v) is 6.29. The number of pyridine rings is 1. The zero-order valence-corrected chi connectivity index (χ0v) is 10.6. The van der Waals surface area contributed by atoms with E-state index in [-0.39, 0.29) is 0 Å². The molecule has 0 saturated heterocycles. The fraction of sp³-hybridized carbons (Fsp3) is 0.571. The van der Waals surface area contributed by atoms with Gasteiger partial charge in [-0.2, -0.15) is 5.26 Å². The molecule has 1 aromatic heterocycles. The van der Waals surface area contributed by atoms with E-state index in [0.717, 1.165) is 24.0 Å². The van der Waals surface area contributed by atoms with Gasteiger partial charge in [0, 0.05) is 19.3 Å². The van der Waals surface area contributed by atoms with Crippen LogP contribution < -0.4 is 4.90 Å². The molecule has 0 aromatic carbocycles. The van der Waals surface area contributed by atoms with Crippen molar-refractivity contribution in [2.24, 2.45) is 5.92 Å². The van der Waals surface area contributed by atoms with E-state index in [1.165, 1.54) is 25.7 Å². The van der Waals surface area contributed by atoms with Gasteiger partial charge >= 0.3 is 0 Å². The highest BCUT2D eigenvalue weighted by atomic mass is 15.2. The summed E-state index contributed by atoms with van der Waals surface area (Å²) in [6.07, 6.45) is 5.34. The lowest BCUT2D eigenvalue weighted by Gasteiger charge is -2.23. The van der Waals surface area contributed by atoms with E-state index in [0.29, 0.717) is 5.56 Å². The Labute approximate surface area is 103 Å². The van der Waals surface area contributed by atoms with Crippen LogP contribution in [0.1, 0.15) is 36.9 Å². The fourth-order valence-corrected chi connectivity index (χ4v) is 2.59. The van der Waals surface area contributed by atoms with Crippen LogP contribution in [0.4, 0.5) is 5.82 Å². The van der Waals surface area contributed by atoms with Crippen LogP contribution >= 0.6 is 0 Å². The lowest BCUT2D eigenvalue weighted by atomic mass is 10.1. The van der Waals surface area contributed by atoms with Crippen LogP contribution in [0.5, 0.6) is 0 Å². The molecule has 3 nitrogen and oxygen atoms in total. The summed E-state index contributed by atoms with van der Waals surface area (Å²) < 4.78 is 0. The molecule has 1 heterocycles. The fourth-order valence-electron chi connectivity index (χ4n) is 2.59. The number of nitriles is 1. The molecule has 1 aliphatic rings. The summed E-state index contributed by atoms with van der Waals surface area (Å²) in [5, 5.41) is 9.10. The van der Waals surface area contributed by atoms with Crippen LogP contribution in [0.15, 0.2) is 12.1 Å². The van der Waals surface area contributed by atoms with E-state index in [4.69, 9.17) is 5.26 Å². The average Bonchev–Trinajstić information content (AvgIpc) is 2.81. The van der Waals surface area contributed by atoms with Gasteiger partial charge in [0.15, 0.2) is 0 Å². The SMILES string of the molecule is Cc1ccc(C#N)c(N(C)CC2CCCC2)n1. The quantitative estimate of drug-likeness (QED) is 0.800. The number of hydrogen-bond donors (Lipinski definition) is 0. The van der Waals surface area contributed by atoms with Gasteiger partial charge in [-0.3, -0.25) is 0 Å². The molecule has 1 saturated carbocycles. The lowest BCUT2D eigenvalue weighted by molar-refractivity contribution is 0.544. The minimum Gasteiger partial charge on any atom is -0.358 e. The first-order chi connectivity index (χ1) is 8.20. The maximum Gasteiger partial charge on any atom is 0.146 e. The summed E-state index contributed by atoms with van der Waals surface area (Å²) >= 11 is 0. The van der Waals surface area contributed by atoms with E-state index in [1.54, 1.807) is 0 Å². The van der Waals surface area contributed by atoms with Crippen molar-refractivity contribution in [1.29, 1.82) is 5.26 Å². The standard InChI is InChI=1S/C14H19N3/c1-11-7-8-13(9-15)14(16-11)17(2)10-12-5-3-4-6-12/h7-8,12H,3-6,10H2,1-2H3. The Morgan fingerprint density at radius 2 is 2.12 bits per heavy atom. The van der Waals surface area contributed by atoms with Crippen molar-refractivity contribution in [2.75, 3.05) is 18.5 Å². The molecule has 1 aromatic rings. The molecule has 0 N–H and O–H groups in total. The molecular weight excluding hydrogens is 210 g/mol. The summed E-state index contributed by atoms with van der Waals surface area (Å²) in [6, 6.07) is 5.98. The number of aryl methyl sites for hydroxylation is 1. The second kappa shape index (κ2) is 5.18. The lowest BCUT2D eigenvalue weighted by Crippen LogP contribution is -2.25. The number of anilines is 1. The maximum absolute atomic E-state index is 9.10. The number of rotatable bonds is 3. The van der Waals surface area contributed by atoms with E-state index in [9.17, 15) is 0 Å². The summed E-state index contributed by atoms with van der Waals surface area (Å²) in [7, 11) is 2.04. The monoisotopic (exact) mass is 229 g/mol. The van der Waals surface area contributed by atoms with E-state index < -0.39 is 0 Å². The van der Waals surface area contributed by atoms with Crippen molar-refractivity contribution in [1.82, 2.24) is 4.98 Å². The molecule has 0 unspecified atom stereocenters. The van der Waals surface area contributed by atoms with Gasteiger partial charge in [-0.1, -0.05) is 12.8 Å². The largest absolute Gasteiger partial charge is 0.358 e. The molecule has 90 valence electrons. The van der Waals surface area contributed by atoms with Crippen molar-refractivity contribution in [3.05, 3.63) is 23.4 Å². The Morgan fingerprint density at radius 1 is 1.41 bits per heavy atom. The van der Waals surface area contributed by atoms with Crippen LogP contribution in [-0.4, -0.2) is 18.6 Å². The van der Waals surface area contributed by atoms with Gasteiger partial charge in [-0.05, 0) is 37.8 Å². The Bertz CT molecular complexity index is 428. The van der Waals surface area contributed by atoms with Crippen molar-refractivity contribution in [3.8, 4) is 6.07 Å². The second-order valence-electron chi connectivity index (χ2n) is 4.97. The molecule has 0 aliphatic heterocycles. The highest BCUT2D eigenvalue weighted by molar-refractivity contribution is 5.53. The molecule has 0 bridgehead atoms. The molecule has 3 heteroatoms.